The van der Waals surface area contributed by atoms with Gasteiger partial charge in [-0.05, 0) is 163 Å². The molecule has 2 aromatic heterocycles. The molecular formula is C46H50F2N6O11. The van der Waals surface area contributed by atoms with Crippen molar-refractivity contribution in [2.24, 2.45) is 0 Å². The Morgan fingerprint density at radius 3 is 1.15 bits per heavy atom. The van der Waals surface area contributed by atoms with Crippen LogP contribution in [0.1, 0.15) is 56.1 Å². The zero-order valence-corrected chi connectivity index (χ0v) is 35.9. The van der Waals surface area contributed by atoms with Crippen molar-refractivity contribution in [3.8, 4) is 0 Å². The van der Waals surface area contributed by atoms with E-state index >= 15 is 0 Å². The number of hydrogen-bond acceptors (Lipinski definition) is 8. The molecule has 0 spiro atoms. The maximum absolute atomic E-state index is 13.0. The third-order valence-electron chi connectivity index (χ3n) is 10.9. The highest BCUT2D eigenvalue weighted by Gasteiger charge is 2.25. The van der Waals surface area contributed by atoms with Crippen LogP contribution >= 0.6 is 0 Å². The molecule has 4 aromatic carbocycles. The number of amides is 2. The lowest BCUT2D eigenvalue weighted by molar-refractivity contribution is -0.159. The van der Waals surface area contributed by atoms with E-state index in [1.807, 2.05) is 36.4 Å². The number of carbonyl (C=O) groups is 6. The van der Waals surface area contributed by atoms with Gasteiger partial charge in [-0.1, -0.05) is 0 Å². The van der Waals surface area contributed by atoms with Crippen LogP contribution in [-0.2, 0) is 44.9 Å². The van der Waals surface area contributed by atoms with Crippen LogP contribution in [0.15, 0.2) is 84.9 Å². The van der Waals surface area contributed by atoms with Crippen LogP contribution in [0, 0.1) is 11.6 Å². The largest absolute Gasteiger partial charge is 0.473 e. The number of fused-ring (bicyclic) bond motifs is 6. The number of aromatic nitrogens is 2. The first-order valence-corrected chi connectivity index (χ1v) is 20.0. The van der Waals surface area contributed by atoms with E-state index in [1.165, 1.54) is 81.8 Å². The molecule has 10 N–H and O–H groups in total. The quantitative estimate of drug-likeness (QED) is 0.0971. The Balaban J connectivity index is 0.000000225. The fourth-order valence-electron chi connectivity index (χ4n) is 7.44. The summed E-state index contributed by atoms with van der Waals surface area (Å²) < 4.78 is 26.1. The second-order valence-electron chi connectivity index (χ2n) is 15.5. The lowest BCUT2D eigenvalue weighted by atomic mass is 9.91. The summed E-state index contributed by atoms with van der Waals surface area (Å²) in [5.41, 5.74) is 9.90. The van der Waals surface area contributed by atoms with Gasteiger partial charge in [0, 0.05) is 67.8 Å². The number of anilines is 2. The fourth-order valence-corrected chi connectivity index (χ4v) is 7.44. The van der Waals surface area contributed by atoms with Gasteiger partial charge in [0.15, 0.2) is 0 Å². The molecule has 19 heteroatoms. The van der Waals surface area contributed by atoms with E-state index in [0.717, 1.165) is 60.9 Å². The number of likely N-dealkylation sites (N-methyl/N-ethyl adjacent to an activating group) is 2. The van der Waals surface area contributed by atoms with E-state index in [-0.39, 0.29) is 28.9 Å². The number of H-pyrrole nitrogens is 2. The van der Waals surface area contributed by atoms with Crippen molar-refractivity contribution >= 4 is 68.9 Å². The summed E-state index contributed by atoms with van der Waals surface area (Å²) in [5.74, 6) is -8.47. The molecule has 344 valence electrons. The van der Waals surface area contributed by atoms with E-state index in [4.69, 9.17) is 39.6 Å². The first kappa shape index (κ1) is 50.2. The monoisotopic (exact) mass is 900 g/mol. The van der Waals surface area contributed by atoms with Crippen LogP contribution in [0.4, 0.5) is 20.2 Å². The molecule has 0 fully saturated rings. The van der Waals surface area contributed by atoms with Gasteiger partial charge in [0.05, 0.1) is 0 Å². The highest BCUT2D eigenvalue weighted by molar-refractivity contribution is 6.28. The van der Waals surface area contributed by atoms with E-state index in [1.54, 1.807) is 0 Å². The summed E-state index contributed by atoms with van der Waals surface area (Å²) in [6.45, 7) is 0. The number of halogens is 2. The van der Waals surface area contributed by atoms with Gasteiger partial charge in [-0.3, -0.25) is 9.59 Å². The van der Waals surface area contributed by atoms with Gasteiger partial charge in [-0.25, -0.2) is 28.0 Å². The molecule has 17 nitrogen and oxygen atoms in total. The number of aromatic amines is 2. The Kier molecular flexibility index (Phi) is 17.2. The zero-order chi connectivity index (χ0) is 46.8. The highest BCUT2D eigenvalue weighted by atomic mass is 19.1. The Labute approximate surface area is 371 Å². The van der Waals surface area contributed by atoms with Crippen molar-refractivity contribution in [3.63, 3.8) is 0 Å². The smallest absolute Gasteiger partial charge is 0.414 e. The van der Waals surface area contributed by atoms with E-state index in [0.29, 0.717) is 23.2 Å². The molecule has 2 aliphatic rings. The number of aliphatic carboxylic acids is 4. The van der Waals surface area contributed by atoms with Crippen LogP contribution in [0.25, 0.3) is 21.8 Å². The van der Waals surface area contributed by atoms with Crippen molar-refractivity contribution in [2.75, 3.05) is 38.8 Å². The Hall–Kier alpha value is -7.48. The second kappa shape index (κ2) is 22.2. The lowest BCUT2D eigenvalue weighted by Crippen LogP contribution is -2.33. The molecule has 65 heavy (non-hydrogen) atoms. The van der Waals surface area contributed by atoms with Gasteiger partial charge in [0.25, 0.3) is 11.8 Å². The molecule has 0 aliphatic heterocycles. The molecule has 6 aromatic rings. The number of carboxylic acid groups (broad SMARTS) is 4. The molecule has 2 heterocycles. The van der Waals surface area contributed by atoms with Gasteiger partial charge in [0.2, 0.25) is 0 Å². The Bertz CT molecular complexity index is 2470. The van der Waals surface area contributed by atoms with E-state index in [9.17, 15) is 18.4 Å². The van der Waals surface area contributed by atoms with Gasteiger partial charge >= 0.3 is 23.9 Å². The van der Waals surface area contributed by atoms with Crippen molar-refractivity contribution in [3.05, 3.63) is 130 Å². The van der Waals surface area contributed by atoms with Crippen LogP contribution in [-0.4, -0.2) is 122 Å². The first-order valence-electron chi connectivity index (χ1n) is 20.0. The summed E-state index contributed by atoms with van der Waals surface area (Å²) in [7, 11) is 8.50. The standard InChI is InChI=1S/2C21H22FN3O.2C2H2O4.H2O/c2*1-25(2)16-8-10-20-18(12-16)17-11-15(7-9-19(17)24-20)23-21(26)13-3-5-14(22)6-4-13;2*3-1(4)2(5)6;/h2*3-7,9,11,16,24H,8,10,12H2,1-2H3,(H,23,26);2*(H,3,4)(H,5,6);1H2. The molecule has 2 unspecified atom stereocenters. The van der Waals surface area contributed by atoms with Crippen LogP contribution in [0.5, 0.6) is 0 Å². The van der Waals surface area contributed by atoms with Crippen molar-refractivity contribution < 1.29 is 63.5 Å². The Morgan fingerprint density at radius 1 is 0.538 bits per heavy atom. The molecule has 8 rings (SSSR count). The molecule has 2 aliphatic carbocycles. The van der Waals surface area contributed by atoms with E-state index < -0.39 is 23.9 Å². The number of nitrogens with zero attached hydrogens (tertiary/aromatic N) is 2. The normalized spacial score (nSPS) is 14.7. The molecule has 0 radical (unpaired) electrons. The topological polar surface area (TPSA) is 277 Å². The van der Waals surface area contributed by atoms with Crippen LogP contribution < -0.4 is 10.6 Å². The predicted molar refractivity (Wildman–Crippen MR) is 238 cm³/mol. The predicted octanol–water partition coefficient (Wildman–Crippen LogP) is 5.44. The summed E-state index contributed by atoms with van der Waals surface area (Å²) in [4.78, 5) is 72.8. The molecule has 0 saturated heterocycles. The van der Waals surface area contributed by atoms with Crippen LogP contribution in [0.2, 0.25) is 0 Å². The highest BCUT2D eigenvalue weighted by Crippen LogP contribution is 2.34. The number of aryl methyl sites for hydroxylation is 2. The van der Waals surface area contributed by atoms with Gasteiger partial charge < -0.3 is 56.3 Å². The van der Waals surface area contributed by atoms with Gasteiger partial charge in [0.1, 0.15) is 11.6 Å². The van der Waals surface area contributed by atoms with E-state index in [2.05, 4.69) is 58.6 Å². The molecule has 0 bridgehead atoms. The average Bonchev–Trinajstić information content (AvgIpc) is 3.81. The maximum atomic E-state index is 13.0. The summed E-state index contributed by atoms with van der Waals surface area (Å²) in [6.07, 6.45) is 6.42. The number of nitrogens with one attached hydrogen (secondary N) is 4. The molecule has 2 amide bonds. The number of benzene rings is 4. The number of hydrogen-bond donors (Lipinski definition) is 8. The van der Waals surface area contributed by atoms with Gasteiger partial charge in [-0.2, -0.15) is 0 Å². The van der Waals surface area contributed by atoms with Crippen molar-refractivity contribution in [1.29, 1.82) is 0 Å². The first-order chi connectivity index (χ1) is 30.3. The minimum atomic E-state index is -1.82. The summed E-state index contributed by atoms with van der Waals surface area (Å²) in [6, 6.07) is 24.1. The Morgan fingerprint density at radius 2 is 0.862 bits per heavy atom. The van der Waals surface area contributed by atoms with Crippen molar-refractivity contribution in [2.45, 2.75) is 50.6 Å². The summed E-state index contributed by atoms with van der Waals surface area (Å²) >= 11 is 0. The lowest BCUT2D eigenvalue weighted by Gasteiger charge is -2.28. The zero-order valence-electron chi connectivity index (χ0n) is 35.9. The molecule has 0 saturated carbocycles. The third kappa shape index (κ3) is 13.3. The average molecular weight is 901 g/mol. The number of rotatable bonds is 6. The number of carboxylic acids is 4. The minimum Gasteiger partial charge on any atom is -0.473 e. The maximum Gasteiger partial charge on any atom is 0.414 e. The fraction of sp³-hybridized carbons (Fsp3) is 0.261. The summed E-state index contributed by atoms with van der Waals surface area (Å²) in [5, 5.41) is 37.7. The van der Waals surface area contributed by atoms with Crippen molar-refractivity contribution in [1.82, 2.24) is 19.8 Å². The third-order valence-corrected chi connectivity index (χ3v) is 10.9. The molecule has 2 atom stereocenters. The molecular weight excluding hydrogens is 851 g/mol. The second-order valence-corrected chi connectivity index (χ2v) is 15.5. The minimum absolute atomic E-state index is 0. The number of carbonyl (C=O) groups excluding carboxylic acids is 2. The SMILES string of the molecule is CN(C)C1CCc2[nH]c3ccc(NC(=O)c4ccc(F)cc4)cc3c2C1.CN(C)C1CCc2[nH]c3ccc(NC(=O)c4ccc(F)cc4)cc3c2C1.O.O=C(O)C(=O)O.O=C(O)C(=O)O. The van der Waals surface area contributed by atoms with Crippen LogP contribution in [0.3, 0.4) is 0 Å². The van der Waals surface area contributed by atoms with Gasteiger partial charge in [-0.15, -0.1) is 0 Å².